The molecule has 0 bridgehead atoms. The van der Waals surface area contributed by atoms with Crippen molar-refractivity contribution in [2.24, 2.45) is 11.8 Å². The van der Waals surface area contributed by atoms with Crippen molar-refractivity contribution >= 4 is 29.3 Å². The number of likely N-dealkylation sites (tertiary alicyclic amines) is 2. The minimum atomic E-state index is -0.160. The largest absolute Gasteiger partial charge is 0.352 e. The van der Waals surface area contributed by atoms with Crippen molar-refractivity contribution in [3.63, 3.8) is 0 Å². The fourth-order valence-corrected chi connectivity index (χ4v) is 6.36. The molecule has 0 aromatic heterocycles. The third-order valence-corrected chi connectivity index (χ3v) is 7.91. The van der Waals surface area contributed by atoms with Crippen LogP contribution in [0.2, 0.25) is 0 Å². The van der Waals surface area contributed by atoms with Gasteiger partial charge in [-0.15, -0.1) is 0 Å². The highest BCUT2D eigenvalue weighted by Crippen LogP contribution is 2.38. The van der Waals surface area contributed by atoms with Gasteiger partial charge < -0.3 is 15.5 Å². The van der Waals surface area contributed by atoms with Gasteiger partial charge in [0.25, 0.3) is 11.8 Å². The van der Waals surface area contributed by atoms with Crippen LogP contribution in [0.25, 0.3) is 0 Å². The van der Waals surface area contributed by atoms with Gasteiger partial charge in [-0.05, 0) is 75.4 Å². The summed E-state index contributed by atoms with van der Waals surface area (Å²) < 4.78 is 0. The maximum atomic E-state index is 12.7. The normalized spacial score (nSPS) is 27.4. The van der Waals surface area contributed by atoms with Crippen LogP contribution in [0.1, 0.15) is 56.3 Å². The van der Waals surface area contributed by atoms with E-state index in [9.17, 15) is 9.59 Å². The summed E-state index contributed by atoms with van der Waals surface area (Å²) in [4.78, 5) is 31.1. The molecule has 0 aliphatic carbocycles. The molecule has 31 heavy (non-hydrogen) atoms. The summed E-state index contributed by atoms with van der Waals surface area (Å²) in [5, 5.41) is 5.92. The number of piperidine rings is 2. The molecule has 170 valence electrons. The van der Waals surface area contributed by atoms with Crippen LogP contribution in [0, 0.1) is 11.8 Å². The Kier molecular flexibility index (Phi) is 7.56. The lowest BCUT2D eigenvalue weighted by atomic mass is 9.92. The highest BCUT2D eigenvalue weighted by Gasteiger charge is 2.33. The number of anilines is 1. The lowest BCUT2D eigenvalue weighted by Crippen LogP contribution is -2.46. The van der Waals surface area contributed by atoms with Gasteiger partial charge in [0.1, 0.15) is 5.37 Å². The predicted octanol–water partition coefficient (Wildman–Crippen LogP) is 3.64. The second-order valence-corrected chi connectivity index (χ2v) is 10.7. The highest BCUT2D eigenvalue weighted by molar-refractivity contribution is 8.00. The molecule has 4 rings (SSSR count). The lowest BCUT2D eigenvalue weighted by Gasteiger charge is -2.35. The maximum Gasteiger partial charge on any atom is 0.252 e. The van der Waals surface area contributed by atoms with Gasteiger partial charge in [0.2, 0.25) is 0 Å². The number of benzene rings is 1. The van der Waals surface area contributed by atoms with Gasteiger partial charge in [-0.1, -0.05) is 32.0 Å². The van der Waals surface area contributed by atoms with Crippen LogP contribution in [0.3, 0.4) is 0 Å². The summed E-state index contributed by atoms with van der Waals surface area (Å²) in [6.07, 6.45) is 5.85. The predicted molar refractivity (Wildman–Crippen MR) is 126 cm³/mol. The van der Waals surface area contributed by atoms with Crippen LogP contribution in [-0.4, -0.2) is 66.3 Å². The maximum absolute atomic E-state index is 12.7. The average Bonchev–Trinajstić information content (AvgIpc) is 2.75. The van der Waals surface area contributed by atoms with Crippen molar-refractivity contribution in [2.75, 3.05) is 44.6 Å². The van der Waals surface area contributed by atoms with Gasteiger partial charge >= 0.3 is 0 Å². The van der Waals surface area contributed by atoms with Crippen LogP contribution in [0.4, 0.5) is 5.69 Å². The zero-order valence-corrected chi connectivity index (χ0v) is 19.7. The molecule has 0 spiro atoms. The van der Waals surface area contributed by atoms with E-state index < -0.39 is 0 Å². The van der Waals surface area contributed by atoms with Crippen molar-refractivity contribution < 1.29 is 9.59 Å². The van der Waals surface area contributed by atoms with E-state index in [-0.39, 0.29) is 17.2 Å². The molecule has 0 saturated carbocycles. The summed E-state index contributed by atoms with van der Waals surface area (Å²) in [7, 11) is 0. The number of nitrogens with zero attached hydrogens (tertiary/aromatic N) is 2. The molecule has 2 saturated heterocycles. The molecule has 6 nitrogen and oxygen atoms in total. The third-order valence-electron chi connectivity index (χ3n) is 6.57. The van der Waals surface area contributed by atoms with E-state index in [0.717, 1.165) is 61.3 Å². The molecule has 7 heteroatoms. The number of nitrogens with one attached hydrogen (secondary N) is 2. The first-order valence-corrected chi connectivity index (χ1v) is 12.7. The molecule has 0 unspecified atom stereocenters. The van der Waals surface area contributed by atoms with E-state index in [0.29, 0.717) is 12.1 Å². The van der Waals surface area contributed by atoms with Crippen LogP contribution in [0.5, 0.6) is 0 Å². The van der Waals surface area contributed by atoms with Gasteiger partial charge in [0, 0.05) is 30.1 Å². The monoisotopic (exact) mass is 444 g/mol. The molecule has 3 heterocycles. The smallest absolute Gasteiger partial charge is 0.252 e. The molecule has 3 atom stereocenters. The van der Waals surface area contributed by atoms with Crippen molar-refractivity contribution in [3.05, 3.63) is 23.8 Å². The van der Waals surface area contributed by atoms with Gasteiger partial charge in [0.05, 0.1) is 5.69 Å². The van der Waals surface area contributed by atoms with Crippen LogP contribution in [-0.2, 0) is 4.79 Å². The summed E-state index contributed by atoms with van der Waals surface area (Å²) >= 11 is 1.61. The number of hydrogen-bond acceptors (Lipinski definition) is 5. The first-order valence-electron chi connectivity index (χ1n) is 11.9. The Morgan fingerprint density at radius 3 is 2.65 bits per heavy atom. The summed E-state index contributed by atoms with van der Waals surface area (Å²) in [5.41, 5.74) is 1.36. The SMILES string of the molecule is C[C@@H]1C[C@H](C)CN(CCCNC(=O)c2ccc3c(c2)NC(=O)[C@@H](N2CCCCC2)S3)C1. The fourth-order valence-electron chi connectivity index (χ4n) is 5.21. The van der Waals surface area contributed by atoms with E-state index in [1.165, 1.54) is 25.9 Å². The fraction of sp³-hybridized carbons (Fsp3) is 0.667. The van der Waals surface area contributed by atoms with E-state index in [1.54, 1.807) is 11.8 Å². The van der Waals surface area contributed by atoms with Gasteiger partial charge in [0.15, 0.2) is 0 Å². The topological polar surface area (TPSA) is 64.7 Å². The van der Waals surface area contributed by atoms with Crippen LogP contribution in [0.15, 0.2) is 23.1 Å². The second-order valence-electron chi connectivity index (χ2n) is 9.58. The quantitative estimate of drug-likeness (QED) is 0.656. The van der Waals surface area contributed by atoms with Crippen molar-refractivity contribution in [1.82, 2.24) is 15.1 Å². The van der Waals surface area contributed by atoms with Crippen LogP contribution >= 0.6 is 11.8 Å². The number of carbonyl (C=O) groups excluding carboxylic acids is 2. The van der Waals surface area contributed by atoms with E-state index in [1.807, 2.05) is 18.2 Å². The minimum Gasteiger partial charge on any atom is -0.352 e. The minimum absolute atomic E-state index is 0.0296. The van der Waals surface area contributed by atoms with Crippen molar-refractivity contribution in [1.29, 1.82) is 0 Å². The van der Waals surface area contributed by atoms with E-state index >= 15 is 0 Å². The molecular formula is C24H36N4O2S. The number of amides is 2. The van der Waals surface area contributed by atoms with E-state index in [4.69, 9.17) is 0 Å². The number of carbonyl (C=O) groups is 2. The molecule has 1 aromatic rings. The summed E-state index contributed by atoms with van der Waals surface area (Å²) in [5.74, 6) is 1.48. The second kappa shape index (κ2) is 10.4. The number of rotatable bonds is 6. The zero-order valence-electron chi connectivity index (χ0n) is 18.9. The van der Waals surface area contributed by atoms with E-state index in [2.05, 4.69) is 34.3 Å². The standard InChI is InChI=1S/C24H36N4O2S/c1-17-13-18(2)16-27(15-17)10-6-9-25-22(29)19-7-8-21-20(14-19)26-23(30)24(31-21)28-11-4-3-5-12-28/h7-8,14,17-18,24H,3-6,9-13,15-16H2,1-2H3,(H,25,29)(H,26,30)/t17-,18+,24-/m0/s1. The third kappa shape index (κ3) is 5.82. The Labute approximate surface area is 190 Å². The number of fused-ring (bicyclic) bond motifs is 1. The average molecular weight is 445 g/mol. The molecule has 2 fully saturated rings. The van der Waals surface area contributed by atoms with Crippen LogP contribution < -0.4 is 10.6 Å². The Morgan fingerprint density at radius 1 is 1.16 bits per heavy atom. The molecule has 3 aliphatic rings. The summed E-state index contributed by atoms with van der Waals surface area (Å²) in [6, 6.07) is 5.66. The molecule has 2 amide bonds. The molecule has 1 aromatic carbocycles. The lowest BCUT2D eigenvalue weighted by molar-refractivity contribution is -0.118. The highest BCUT2D eigenvalue weighted by atomic mass is 32.2. The van der Waals surface area contributed by atoms with Gasteiger partial charge in [-0.3, -0.25) is 14.5 Å². The first kappa shape index (κ1) is 22.6. The Bertz CT molecular complexity index is 786. The zero-order chi connectivity index (χ0) is 21.8. The Hall–Kier alpha value is -1.57. The summed E-state index contributed by atoms with van der Waals surface area (Å²) in [6.45, 7) is 10.7. The Balaban J connectivity index is 1.27. The van der Waals surface area contributed by atoms with Crippen molar-refractivity contribution in [3.8, 4) is 0 Å². The Morgan fingerprint density at radius 2 is 1.90 bits per heavy atom. The molecule has 0 radical (unpaired) electrons. The van der Waals surface area contributed by atoms with Crippen molar-refractivity contribution in [2.45, 2.75) is 56.2 Å². The number of hydrogen-bond donors (Lipinski definition) is 2. The molecule has 2 N–H and O–H groups in total. The van der Waals surface area contributed by atoms with Gasteiger partial charge in [-0.25, -0.2) is 0 Å². The molecule has 3 aliphatic heterocycles. The number of thioether (sulfide) groups is 1. The first-order chi connectivity index (χ1) is 15.0. The molecular weight excluding hydrogens is 408 g/mol. The van der Waals surface area contributed by atoms with Gasteiger partial charge in [-0.2, -0.15) is 0 Å².